The molecule has 0 unspecified atom stereocenters. The minimum absolute atomic E-state index is 0.866. The fraction of sp³-hybridized carbons (Fsp3) is 0.200. The molecule has 4 nitrogen and oxygen atoms in total. The molecule has 0 saturated carbocycles. The molecule has 2 N–H and O–H groups in total. The van der Waals surface area contributed by atoms with E-state index >= 15 is 0 Å². The van der Waals surface area contributed by atoms with Crippen LogP contribution in [0.2, 0.25) is 0 Å². The summed E-state index contributed by atoms with van der Waals surface area (Å²) < 4.78 is 0. The van der Waals surface area contributed by atoms with Gasteiger partial charge in [-0.25, -0.2) is 0 Å². The van der Waals surface area contributed by atoms with Gasteiger partial charge in [0.1, 0.15) is 5.69 Å². The largest absolute Gasteiger partial charge is 0.385 e. The van der Waals surface area contributed by atoms with Crippen molar-refractivity contribution in [2.75, 3.05) is 12.4 Å². The lowest BCUT2D eigenvalue weighted by Crippen LogP contribution is -1.92. The van der Waals surface area contributed by atoms with Crippen LogP contribution in [0.25, 0.3) is 11.4 Å². The molecule has 0 amide bonds. The van der Waals surface area contributed by atoms with Crippen molar-refractivity contribution in [3.8, 4) is 11.4 Å². The number of rotatable bonds is 2. The molecule has 0 aliphatic heterocycles. The summed E-state index contributed by atoms with van der Waals surface area (Å²) in [6.45, 7) is 1.98. The van der Waals surface area contributed by atoms with Gasteiger partial charge in [0, 0.05) is 13.2 Å². The number of hydrogen-bond acceptors (Lipinski definition) is 3. The first-order valence-corrected chi connectivity index (χ1v) is 4.47. The number of anilines is 1. The molecule has 2 rings (SSSR count). The van der Waals surface area contributed by atoms with Crippen molar-refractivity contribution in [3.05, 3.63) is 30.1 Å². The van der Waals surface area contributed by atoms with E-state index in [2.05, 4.69) is 20.5 Å². The third kappa shape index (κ3) is 1.35. The van der Waals surface area contributed by atoms with Crippen LogP contribution in [0.1, 0.15) is 5.69 Å². The van der Waals surface area contributed by atoms with Crippen LogP contribution >= 0.6 is 0 Å². The molecule has 2 aromatic rings. The van der Waals surface area contributed by atoms with Gasteiger partial charge >= 0.3 is 0 Å². The van der Waals surface area contributed by atoms with E-state index in [0.717, 1.165) is 22.8 Å². The Bertz CT molecular complexity index is 419. The van der Waals surface area contributed by atoms with Crippen LogP contribution in [0.15, 0.2) is 24.4 Å². The van der Waals surface area contributed by atoms with E-state index in [0.29, 0.717) is 0 Å². The van der Waals surface area contributed by atoms with Crippen molar-refractivity contribution in [2.24, 2.45) is 0 Å². The maximum absolute atomic E-state index is 4.25. The van der Waals surface area contributed by atoms with Crippen molar-refractivity contribution >= 4 is 5.69 Å². The van der Waals surface area contributed by atoms with Crippen molar-refractivity contribution < 1.29 is 0 Å². The molecule has 2 aromatic heterocycles. The van der Waals surface area contributed by atoms with Crippen molar-refractivity contribution in [2.45, 2.75) is 6.92 Å². The van der Waals surface area contributed by atoms with Crippen LogP contribution in [0.5, 0.6) is 0 Å². The molecule has 0 aromatic carbocycles. The van der Waals surface area contributed by atoms with Gasteiger partial charge in [-0.05, 0) is 19.1 Å². The van der Waals surface area contributed by atoms with Crippen molar-refractivity contribution in [3.63, 3.8) is 0 Å². The zero-order chi connectivity index (χ0) is 9.97. The average Bonchev–Trinajstić information content (AvgIpc) is 2.61. The summed E-state index contributed by atoms with van der Waals surface area (Å²) in [6.07, 6.45) is 1.76. The molecule has 0 saturated heterocycles. The Hall–Kier alpha value is -1.84. The van der Waals surface area contributed by atoms with Crippen LogP contribution in [-0.2, 0) is 0 Å². The van der Waals surface area contributed by atoms with E-state index in [9.17, 15) is 0 Å². The zero-order valence-electron chi connectivity index (χ0n) is 8.20. The number of aromatic amines is 1. The molecule has 2 heterocycles. The number of aryl methyl sites for hydroxylation is 1. The van der Waals surface area contributed by atoms with E-state index in [1.165, 1.54) is 0 Å². The minimum atomic E-state index is 0.866. The van der Waals surface area contributed by atoms with Gasteiger partial charge in [-0.1, -0.05) is 6.07 Å². The Morgan fingerprint density at radius 2 is 2.21 bits per heavy atom. The topological polar surface area (TPSA) is 53.6 Å². The summed E-state index contributed by atoms with van der Waals surface area (Å²) in [5.41, 5.74) is 3.77. The summed E-state index contributed by atoms with van der Waals surface area (Å²) >= 11 is 0. The third-order valence-corrected chi connectivity index (χ3v) is 2.10. The first-order chi connectivity index (χ1) is 6.83. The molecule has 0 fully saturated rings. The highest BCUT2D eigenvalue weighted by Gasteiger charge is 2.10. The lowest BCUT2D eigenvalue weighted by atomic mass is 10.2. The average molecular weight is 188 g/mol. The van der Waals surface area contributed by atoms with E-state index in [-0.39, 0.29) is 0 Å². The Labute approximate surface area is 82.4 Å². The fourth-order valence-electron chi connectivity index (χ4n) is 1.42. The smallest absolute Gasteiger partial charge is 0.134 e. The second-order valence-electron chi connectivity index (χ2n) is 3.04. The van der Waals surface area contributed by atoms with Crippen LogP contribution in [0.3, 0.4) is 0 Å². The quantitative estimate of drug-likeness (QED) is 0.755. The summed E-state index contributed by atoms with van der Waals surface area (Å²) in [7, 11) is 1.88. The monoisotopic (exact) mass is 188 g/mol. The zero-order valence-corrected chi connectivity index (χ0v) is 8.20. The number of nitrogens with one attached hydrogen (secondary N) is 2. The Morgan fingerprint density at radius 3 is 2.86 bits per heavy atom. The number of pyridine rings is 1. The molecular weight excluding hydrogens is 176 g/mol. The molecule has 72 valence electrons. The summed E-state index contributed by atoms with van der Waals surface area (Å²) in [6, 6.07) is 5.78. The van der Waals surface area contributed by atoms with Gasteiger partial charge in [0.05, 0.1) is 17.1 Å². The highest BCUT2D eigenvalue weighted by atomic mass is 15.2. The first kappa shape index (κ1) is 8.74. The van der Waals surface area contributed by atoms with Gasteiger partial charge in [-0.3, -0.25) is 10.1 Å². The number of H-pyrrole nitrogens is 1. The molecule has 0 radical (unpaired) electrons. The van der Waals surface area contributed by atoms with E-state index in [1.54, 1.807) is 6.20 Å². The van der Waals surface area contributed by atoms with Gasteiger partial charge in [0.15, 0.2) is 0 Å². The maximum Gasteiger partial charge on any atom is 0.134 e. The number of hydrogen-bond donors (Lipinski definition) is 2. The van der Waals surface area contributed by atoms with E-state index < -0.39 is 0 Å². The Morgan fingerprint density at radius 1 is 1.36 bits per heavy atom. The Kier molecular flexibility index (Phi) is 2.18. The van der Waals surface area contributed by atoms with Crippen LogP contribution in [0, 0.1) is 6.92 Å². The second kappa shape index (κ2) is 3.49. The predicted octanol–water partition coefficient (Wildman–Crippen LogP) is 1.82. The lowest BCUT2D eigenvalue weighted by molar-refractivity contribution is 1.04. The normalized spacial score (nSPS) is 10.1. The molecule has 14 heavy (non-hydrogen) atoms. The van der Waals surface area contributed by atoms with Gasteiger partial charge < -0.3 is 5.32 Å². The minimum Gasteiger partial charge on any atom is -0.385 e. The Balaban J connectivity index is 2.52. The van der Waals surface area contributed by atoms with Gasteiger partial charge in [0.2, 0.25) is 0 Å². The van der Waals surface area contributed by atoms with Crippen LogP contribution in [0.4, 0.5) is 5.69 Å². The first-order valence-electron chi connectivity index (χ1n) is 4.47. The molecule has 0 aliphatic carbocycles. The summed E-state index contributed by atoms with van der Waals surface area (Å²) in [5, 5.41) is 10.2. The highest BCUT2D eigenvalue weighted by molar-refractivity contribution is 5.73. The number of nitrogens with zero attached hydrogens (tertiary/aromatic N) is 2. The highest BCUT2D eigenvalue weighted by Crippen LogP contribution is 2.25. The molecule has 0 aliphatic rings. The molecule has 4 heteroatoms. The fourth-order valence-corrected chi connectivity index (χ4v) is 1.42. The van der Waals surface area contributed by atoms with Crippen LogP contribution in [-0.4, -0.2) is 22.2 Å². The standard InChI is InChI=1S/C10H12N4/c1-7-9(11-2)10(14-13-7)8-5-3-4-6-12-8/h3-6,11H,1-2H3,(H,13,14). The SMILES string of the molecule is CNc1c(-c2ccccn2)n[nH]c1C. The van der Waals surface area contributed by atoms with Gasteiger partial charge in [-0.15, -0.1) is 0 Å². The molecular formula is C10H12N4. The third-order valence-electron chi connectivity index (χ3n) is 2.10. The number of aromatic nitrogens is 3. The molecule has 0 atom stereocenters. The second-order valence-corrected chi connectivity index (χ2v) is 3.04. The van der Waals surface area contributed by atoms with Gasteiger partial charge in [-0.2, -0.15) is 5.10 Å². The lowest BCUT2D eigenvalue weighted by Gasteiger charge is -2.00. The summed E-state index contributed by atoms with van der Waals surface area (Å²) in [4.78, 5) is 4.25. The summed E-state index contributed by atoms with van der Waals surface area (Å²) in [5.74, 6) is 0. The van der Waals surface area contributed by atoms with E-state index in [1.807, 2.05) is 32.2 Å². The predicted molar refractivity (Wildman–Crippen MR) is 56.1 cm³/mol. The van der Waals surface area contributed by atoms with Crippen LogP contribution < -0.4 is 5.32 Å². The maximum atomic E-state index is 4.25. The molecule has 0 spiro atoms. The van der Waals surface area contributed by atoms with Crippen molar-refractivity contribution in [1.29, 1.82) is 0 Å². The molecule has 0 bridgehead atoms. The van der Waals surface area contributed by atoms with E-state index in [4.69, 9.17) is 0 Å². The van der Waals surface area contributed by atoms with Gasteiger partial charge in [0.25, 0.3) is 0 Å². The van der Waals surface area contributed by atoms with Crippen molar-refractivity contribution in [1.82, 2.24) is 15.2 Å².